The molecule has 33 heavy (non-hydrogen) atoms. The van der Waals surface area contributed by atoms with E-state index in [-0.39, 0.29) is 18.3 Å². The van der Waals surface area contributed by atoms with E-state index in [1.54, 1.807) is 38.1 Å². The third-order valence-electron chi connectivity index (χ3n) is 4.71. The fourth-order valence-electron chi connectivity index (χ4n) is 3.07. The molecule has 0 spiro atoms. The number of hydrogen-bond donors (Lipinski definition) is 1. The van der Waals surface area contributed by atoms with Gasteiger partial charge in [0.25, 0.3) is 0 Å². The van der Waals surface area contributed by atoms with E-state index in [1.165, 1.54) is 11.8 Å². The van der Waals surface area contributed by atoms with Gasteiger partial charge in [0.2, 0.25) is 21.8 Å². The van der Waals surface area contributed by atoms with Gasteiger partial charge in [0, 0.05) is 23.1 Å². The van der Waals surface area contributed by atoms with Crippen LogP contribution in [0.1, 0.15) is 26.3 Å². The number of nitrogens with zero attached hydrogens (tertiary/aromatic N) is 2. The van der Waals surface area contributed by atoms with Gasteiger partial charge in [-0.1, -0.05) is 28.1 Å². The summed E-state index contributed by atoms with van der Waals surface area (Å²) in [6, 6.07) is 8.58. The molecule has 1 N–H and O–H groups in total. The molecule has 0 aromatic heterocycles. The number of carbonyl (C=O) groups excluding carboxylic acids is 2. The minimum absolute atomic E-state index is 0.0281. The van der Waals surface area contributed by atoms with Gasteiger partial charge in [-0.05, 0) is 50.6 Å². The first-order valence-electron chi connectivity index (χ1n) is 10.1. The van der Waals surface area contributed by atoms with E-state index in [9.17, 15) is 26.8 Å². The van der Waals surface area contributed by atoms with Gasteiger partial charge in [0.05, 0.1) is 11.9 Å². The number of anilines is 1. The number of sulfonamides is 1. The minimum Gasteiger partial charge on any atom is -0.352 e. The predicted octanol–water partition coefficient (Wildman–Crippen LogP) is 3.44. The molecule has 0 aliphatic carbocycles. The summed E-state index contributed by atoms with van der Waals surface area (Å²) in [7, 11) is -4.03. The molecule has 180 valence electrons. The summed E-state index contributed by atoms with van der Waals surface area (Å²) in [4.78, 5) is 27.2. The molecule has 0 aliphatic heterocycles. The highest BCUT2D eigenvalue weighted by Crippen LogP contribution is 2.22. The van der Waals surface area contributed by atoms with E-state index < -0.39 is 46.1 Å². The van der Waals surface area contributed by atoms with Crippen molar-refractivity contribution in [3.8, 4) is 0 Å². The Labute approximate surface area is 200 Å². The minimum atomic E-state index is -4.03. The average Bonchev–Trinajstić information content (AvgIpc) is 2.70. The standard InChI is InChI=1S/C22H26BrF2N3O4S/c1-14(2)26-22(30)15(3)27(12-16-6-5-7-17(23)10-16)21(29)13-28(33(4,31)32)18-8-9-19(24)20(25)11-18/h5-11,14-15H,12-13H2,1-4H3,(H,26,30)/t15-/m0/s1. The molecule has 11 heteroatoms. The van der Waals surface area contributed by atoms with Gasteiger partial charge < -0.3 is 10.2 Å². The van der Waals surface area contributed by atoms with Crippen LogP contribution >= 0.6 is 15.9 Å². The Morgan fingerprint density at radius 3 is 2.27 bits per heavy atom. The smallest absolute Gasteiger partial charge is 0.244 e. The van der Waals surface area contributed by atoms with Crippen molar-refractivity contribution < 1.29 is 26.8 Å². The van der Waals surface area contributed by atoms with E-state index >= 15 is 0 Å². The van der Waals surface area contributed by atoms with E-state index in [1.807, 2.05) is 0 Å². The van der Waals surface area contributed by atoms with Crippen molar-refractivity contribution in [3.63, 3.8) is 0 Å². The Balaban J connectivity index is 2.41. The van der Waals surface area contributed by atoms with Crippen molar-refractivity contribution >= 4 is 43.5 Å². The fourth-order valence-corrected chi connectivity index (χ4v) is 4.36. The van der Waals surface area contributed by atoms with Gasteiger partial charge >= 0.3 is 0 Å². The lowest BCUT2D eigenvalue weighted by molar-refractivity contribution is -0.139. The Hall–Kier alpha value is -2.53. The number of rotatable bonds is 9. The lowest BCUT2D eigenvalue weighted by atomic mass is 10.1. The predicted molar refractivity (Wildman–Crippen MR) is 126 cm³/mol. The van der Waals surface area contributed by atoms with Gasteiger partial charge in [-0.3, -0.25) is 13.9 Å². The number of hydrogen-bond acceptors (Lipinski definition) is 4. The number of halogens is 3. The van der Waals surface area contributed by atoms with Crippen LogP contribution < -0.4 is 9.62 Å². The second-order valence-electron chi connectivity index (χ2n) is 7.86. The monoisotopic (exact) mass is 545 g/mol. The van der Waals surface area contributed by atoms with Gasteiger partial charge in [0.1, 0.15) is 12.6 Å². The molecular formula is C22H26BrF2N3O4S. The van der Waals surface area contributed by atoms with Crippen molar-refractivity contribution in [2.75, 3.05) is 17.1 Å². The molecule has 2 amide bonds. The summed E-state index contributed by atoms with van der Waals surface area (Å²) < 4.78 is 53.3. The Morgan fingerprint density at radius 2 is 1.73 bits per heavy atom. The summed E-state index contributed by atoms with van der Waals surface area (Å²) in [5.41, 5.74) is 0.507. The molecule has 0 bridgehead atoms. The van der Waals surface area contributed by atoms with Gasteiger partial charge in [-0.15, -0.1) is 0 Å². The van der Waals surface area contributed by atoms with Gasteiger partial charge in [-0.25, -0.2) is 17.2 Å². The molecule has 2 aromatic carbocycles. The Kier molecular flexibility index (Phi) is 8.96. The van der Waals surface area contributed by atoms with Crippen molar-refractivity contribution in [1.29, 1.82) is 0 Å². The zero-order valence-electron chi connectivity index (χ0n) is 18.7. The van der Waals surface area contributed by atoms with E-state index in [0.717, 1.165) is 22.9 Å². The molecule has 0 aliphatic rings. The maximum absolute atomic E-state index is 13.8. The van der Waals surface area contributed by atoms with Crippen LogP contribution in [0.4, 0.5) is 14.5 Å². The normalized spacial score (nSPS) is 12.4. The Bertz CT molecular complexity index is 1130. The molecule has 0 saturated carbocycles. The summed E-state index contributed by atoms with van der Waals surface area (Å²) in [5.74, 6) is -3.48. The van der Waals surface area contributed by atoms with Crippen LogP contribution in [0.3, 0.4) is 0 Å². The first-order valence-corrected chi connectivity index (χ1v) is 12.7. The SMILES string of the molecule is CC(C)NC(=O)[C@H](C)N(Cc1cccc(Br)c1)C(=O)CN(c1ccc(F)c(F)c1)S(C)(=O)=O. The van der Waals surface area contributed by atoms with Gasteiger partial charge in [0.15, 0.2) is 11.6 Å². The molecule has 0 heterocycles. The van der Waals surface area contributed by atoms with Gasteiger partial charge in [-0.2, -0.15) is 0 Å². The van der Waals surface area contributed by atoms with Crippen LogP contribution in [0.15, 0.2) is 46.9 Å². The van der Waals surface area contributed by atoms with Crippen LogP contribution in [-0.4, -0.2) is 50.0 Å². The molecule has 7 nitrogen and oxygen atoms in total. The maximum atomic E-state index is 13.8. The van der Waals surface area contributed by atoms with Crippen LogP contribution in [0.5, 0.6) is 0 Å². The second-order valence-corrected chi connectivity index (χ2v) is 10.7. The quantitative estimate of drug-likeness (QED) is 0.523. The molecule has 2 aromatic rings. The van der Waals surface area contributed by atoms with Crippen molar-refractivity contribution in [2.24, 2.45) is 0 Å². The average molecular weight is 546 g/mol. The van der Waals surface area contributed by atoms with Crippen molar-refractivity contribution in [3.05, 3.63) is 64.1 Å². The number of nitrogens with one attached hydrogen (secondary N) is 1. The number of carbonyl (C=O) groups is 2. The molecule has 2 rings (SSSR count). The molecule has 0 radical (unpaired) electrons. The summed E-state index contributed by atoms with van der Waals surface area (Å²) in [6.45, 7) is 4.42. The van der Waals surface area contributed by atoms with Crippen molar-refractivity contribution in [2.45, 2.75) is 39.4 Å². The fraction of sp³-hybridized carbons (Fsp3) is 0.364. The first kappa shape index (κ1) is 26.7. The molecule has 0 saturated heterocycles. The lowest BCUT2D eigenvalue weighted by Crippen LogP contribution is -2.52. The third-order valence-corrected chi connectivity index (χ3v) is 6.34. The summed E-state index contributed by atoms with van der Waals surface area (Å²) in [5, 5.41) is 2.74. The number of benzene rings is 2. The van der Waals surface area contributed by atoms with Crippen molar-refractivity contribution in [1.82, 2.24) is 10.2 Å². The van der Waals surface area contributed by atoms with Crippen LogP contribution in [-0.2, 0) is 26.2 Å². The van der Waals surface area contributed by atoms with E-state index in [2.05, 4.69) is 21.2 Å². The molecule has 1 atom stereocenters. The zero-order chi connectivity index (χ0) is 24.9. The highest BCUT2D eigenvalue weighted by Gasteiger charge is 2.30. The van der Waals surface area contributed by atoms with Crippen LogP contribution in [0.2, 0.25) is 0 Å². The van der Waals surface area contributed by atoms with Crippen LogP contribution in [0.25, 0.3) is 0 Å². The van der Waals surface area contributed by atoms with E-state index in [4.69, 9.17) is 0 Å². The first-order chi connectivity index (χ1) is 15.3. The largest absolute Gasteiger partial charge is 0.352 e. The highest BCUT2D eigenvalue weighted by atomic mass is 79.9. The molecule has 0 fully saturated rings. The Morgan fingerprint density at radius 1 is 1.06 bits per heavy atom. The van der Waals surface area contributed by atoms with Crippen LogP contribution in [0, 0.1) is 11.6 Å². The summed E-state index contributed by atoms with van der Waals surface area (Å²) in [6.07, 6.45) is 0.856. The lowest BCUT2D eigenvalue weighted by Gasteiger charge is -2.32. The highest BCUT2D eigenvalue weighted by molar-refractivity contribution is 9.10. The molecular weight excluding hydrogens is 520 g/mol. The zero-order valence-corrected chi connectivity index (χ0v) is 21.1. The molecule has 0 unspecified atom stereocenters. The second kappa shape index (κ2) is 11.1. The third kappa shape index (κ3) is 7.50. The maximum Gasteiger partial charge on any atom is 0.244 e. The number of amides is 2. The topological polar surface area (TPSA) is 86.8 Å². The van der Waals surface area contributed by atoms with E-state index in [0.29, 0.717) is 15.9 Å². The summed E-state index contributed by atoms with van der Waals surface area (Å²) >= 11 is 3.36.